The molecule has 1 aromatic carbocycles. The number of carbonyl (C=O) groups excluding carboxylic acids is 3. The summed E-state index contributed by atoms with van der Waals surface area (Å²) in [6.07, 6.45) is 0.419. The van der Waals surface area contributed by atoms with E-state index in [0.717, 1.165) is 5.56 Å². The van der Waals surface area contributed by atoms with Crippen molar-refractivity contribution in [1.82, 2.24) is 10.6 Å². The lowest BCUT2D eigenvalue weighted by molar-refractivity contribution is -0.125. The molecule has 1 aromatic rings. The number of benzene rings is 1. The predicted octanol–water partition coefficient (Wildman–Crippen LogP) is 0.975. The molecule has 0 spiro atoms. The number of ketones is 1. The van der Waals surface area contributed by atoms with Crippen LogP contribution in [0.5, 0.6) is 5.75 Å². The first-order valence-electron chi connectivity index (χ1n) is 7.19. The zero-order chi connectivity index (χ0) is 16.4. The van der Waals surface area contributed by atoms with Gasteiger partial charge in [-0.15, -0.1) is 0 Å². The average Bonchev–Trinajstić information content (AvgIpc) is 2.49. The normalized spacial score (nSPS) is 9.91. The van der Waals surface area contributed by atoms with Gasteiger partial charge in [0.05, 0.1) is 0 Å². The summed E-state index contributed by atoms with van der Waals surface area (Å²) in [6.45, 7) is 4.00. The monoisotopic (exact) mass is 306 g/mol. The Morgan fingerprint density at radius 1 is 0.955 bits per heavy atom. The lowest BCUT2D eigenvalue weighted by atomic mass is 10.2. The van der Waals surface area contributed by atoms with Gasteiger partial charge in [-0.05, 0) is 26.0 Å². The van der Waals surface area contributed by atoms with Crippen LogP contribution in [0.3, 0.4) is 0 Å². The van der Waals surface area contributed by atoms with Gasteiger partial charge in [0, 0.05) is 25.9 Å². The van der Waals surface area contributed by atoms with Crippen LogP contribution < -0.4 is 15.4 Å². The van der Waals surface area contributed by atoms with E-state index in [0.29, 0.717) is 18.8 Å². The fraction of sp³-hybridized carbons (Fsp3) is 0.438. The molecule has 6 heteroatoms. The Labute approximate surface area is 130 Å². The van der Waals surface area contributed by atoms with Crippen LogP contribution in [0.2, 0.25) is 0 Å². The van der Waals surface area contributed by atoms with Gasteiger partial charge in [0.15, 0.2) is 6.61 Å². The molecular formula is C16H22N2O4. The van der Waals surface area contributed by atoms with Crippen LogP contribution in [-0.4, -0.2) is 37.3 Å². The second kappa shape index (κ2) is 9.55. The van der Waals surface area contributed by atoms with Crippen LogP contribution in [-0.2, 0) is 14.4 Å². The third-order valence-electron chi connectivity index (χ3n) is 2.86. The first-order valence-corrected chi connectivity index (χ1v) is 7.19. The fourth-order valence-electron chi connectivity index (χ4n) is 1.62. The lowest BCUT2D eigenvalue weighted by Crippen LogP contribution is -2.36. The molecule has 0 atom stereocenters. The molecule has 1 rings (SSSR count). The van der Waals surface area contributed by atoms with Crippen LogP contribution in [0.4, 0.5) is 0 Å². The maximum absolute atomic E-state index is 11.5. The molecule has 0 unspecified atom stereocenters. The van der Waals surface area contributed by atoms with Crippen molar-refractivity contribution in [2.75, 3.05) is 19.7 Å². The van der Waals surface area contributed by atoms with Crippen LogP contribution in [0.15, 0.2) is 24.3 Å². The van der Waals surface area contributed by atoms with Crippen LogP contribution in [0.25, 0.3) is 0 Å². The van der Waals surface area contributed by atoms with Crippen molar-refractivity contribution in [2.24, 2.45) is 0 Å². The summed E-state index contributed by atoms with van der Waals surface area (Å²) in [6, 6.07) is 7.42. The Kier molecular flexibility index (Phi) is 7.67. The molecule has 6 nitrogen and oxygen atoms in total. The van der Waals surface area contributed by atoms with Crippen molar-refractivity contribution in [1.29, 1.82) is 0 Å². The maximum Gasteiger partial charge on any atom is 0.258 e. The smallest absolute Gasteiger partial charge is 0.258 e. The molecule has 0 aliphatic heterocycles. The molecule has 0 aliphatic carbocycles. The van der Waals surface area contributed by atoms with Crippen molar-refractivity contribution >= 4 is 17.6 Å². The molecule has 0 radical (unpaired) electrons. The molecule has 120 valence electrons. The van der Waals surface area contributed by atoms with E-state index in [2.05, 4.69) is 10.6 Å². The summed E-state index contributed by atoms with van der Waals surface area (Å²) in [7, 11) is 0. The highest BCUT2D eigenvalue weighted by Crippen LogP contribution is 2.10. The Morgan fingerprint density at radius 2 is 1.55 bits per heavy atom. The highest BCUT2D eigenvalue weighted by molar-refractivity contribution is 5.83. The van der Waals surface area contributed by atoms with Crippen LogP contribution >= 0.6 is 0 Å². The number of hydrogen-bond donors (Lipinski definition) is 2. The molecule has 22 heavy (non-hydrogen) atoms. The number of amides is 2. The number of hydrogen-bond acceptors (Lipinski definition) is 4. The van der Waals surface area contributed by atoms with Crippen molar-refractivity contribution in [3.8, 4) is 5.75 Å². The van der Waals surface area contributed by atoms with Crippen molar-refractivity contribution in [2.45, 2.75) is 26.7 Å². The first kappa shape index (κ1) is 17.7. The molecule has 0 fully saturated rings. The lowest BCUT2D eigenvalue weighted by Gasteiger charge is -2.08. The van der Waals surface area contributed by atoms with E-state index in [-0.39, 0.29) is 37.0 Å². The minimum absolute atomic E-state index is 0.0169. The van der Waals surface area contributed by atoms with Crippen LogP contribution in [0, 0.1) is 6.92 Å². The van der Waals surface area contributed by atoms with Crippen molar-refractivity contribution < 1.29 is 19.1 Å². The van der Waals surface area contributed by atoms with E-state index in [9.17, 15) is 14.4 Å². The second-order valence-corrected chi connectivity index (χ2v) is 5.00. The van der Waals surface area contributed by atoms with E-state index in [1.807, 2.05) is 19.1 Å². The quantitative estimate of drug-likeness (QED) is 0.666. The van der Waals surface area contributed by atoms with Crippen LogP contribution in [0.1, 0.15) is 25.3 Å². The summed E-state index contributed by atoms with van der Waals surface area (Å²) in [5, 5.41) is 5.27. The van der Waals surface area contributed by atoms with E-state index in [4.69, 9.17) is 4.74 Å². The Bertz CT molecular complexity index is 511. The van der Waals surface area contributed by atoms with Gasteiger partial charge in [0.25, 0.3) is 5.91 Å². The van der Waals surface area contributed by atoms with Gasteiger partial charge >= 0.3 is 0 Å². The average molecular weight is 306 g/mol. The molecule has 0 saturated carbocycles. The third-order valence-corrected chi connectivity index (χ3v) is 2.86. The Hall–Kier alpha value is -2.37. The zero-order valence-corrected chi connectivity index (χ0v) is 13.0. The molecule has 0 saturated heterocycles. The van der Waals surface area contributed by atoms with Gasteiger partial charge in [-0.1, -0.05) is 17.7 Å². The van der Waals surface area contributed by atoms with Crippen molar-refractivity contribution in [3.05, 3.63) is 29.8 Å². The second-order valence-electron chi connectivity index (χ2n) is 5.00. The van der Waals surface area contributed by atoms with E-state index in [1.165, 1.54) is 6.92 Å². The molecule has 2 N–H and O–H groups in total. The van der Waals surface area contributed by atoms with Gasteiger partial charge in [-0.3, -0.25) is 9.59 Å². The van der Waals surface area contributed by atoms with Gasteiger partial charge < -0.3 is 20.2 Å². The first-order chi connectivity index (χ1) is 10.5. The summed E-state index contributed by atoms with van der Waals surface area (Å²) in [4.78, 5) is 33.6. The van der Waals surface area contributed by atoms with Gasteiger partial charge in [-0.2, -0.15) is 0 Å². The summed E-state index contributed by atoms with van der Waals surface area (Å²) in [5.74, 6) is 0.175. The number of ether oxygens (including phenoxy) is 1. The minimum atomic E-state index is -0.251. The molecular weight excluding hydrogens is 284 g/mol. The Balaban J connectivity index is 2.09. The summed E-state index contributed by atoms with van der Waals surface area (Å²) in [5.41, 5.74) is 1.12. The SMILES string of the molecule is CC(=O)CCC(=O)NCCNC(=O)COc1ccc(C)cc1. The molecule has 0 aliphatic rings. The maximum atomic E-state index is 11.5. The summed E-state index contributed by atoms with van der Waals surface area (Å²) < 4.78 is 5.33. The topological polar surface area (TPSA) is 84.5 Å². The molecule has 2 amide bonds. The van der Waals surface area contributed by atoms with Gasteiger partial charge in [0.1, 0.15) is 11.5 Å². The predicted molar refractivity (Wildman–Crippen MR) is 82.6 cm³/mol. The van der Waals surface area contributed by atoms with Gasteiger partial charge in [0.2, 0.25) is 5.91 Å². The van der Waals surface area contributed by atoms with E-state index in [1.54, 1.807) is 12.1 Å². The highest BCUT2D eigenvalue weighted by atomic mass is 16.5. The standard InChI is InChI=1S/C16H22N2O4/c1-12-3-6-14(7-4-12)22-11-16(21)18-10-9-17-15(20)8-5-13(2)19/h3-4,6-7H,5,8-11H2,1-2H3,(H,17,20)(H,18,21). The number of aryl methyl sites for hydroxylation is 1. The number of carbonyl (C=O) groups is 3. The van der Waals surface area contributed by atoms with Gasteiger partial charge in [-0.25, -0.2) is 0 Å². The minimum Gasteiger partial charge on any atom is -0.484 e. The summed E-state index contributed by atoms with van der Waals surface area (Å²) >= 11 is 0. The molecule has 0 bridgehead atoms. The molecule has 0 heterocycles. The number of nitrogens with one attached hydrogen (secondary N) is 2. The third kappa shape index (κ3) is 8.04. The zero-order valence-electron chi connectivity index (χ0n) is 13.0. The fourth-order valence-corrected chi connectivity index (χ4v) is 1.62. The largest absolute Gasteiger partial charge is 0.484 e. The number of rotatable bonds is 9. The highest BCUT2D eigenvalue weighted by Gasteiger charge is 2.04. The molecule has 0 aromatic heterocycles. The van der Waals surface area contributed by atoms with E-state index >= 15 is 0 Å². The number of Topliss-reactive ketones (excluding diaryl/α,β-unsaturated/α-hetero) is 1. The Morgan fingerprint density at radius 3 is 2.14 bits per heavy atom. The van der Waals surface area contributed by atoms with Crippen molar-refractivity contribution in [3.63, 3.8) is 0 Å². The van der Waals surface area contributed by atoms with E-state index < -0.39 is 0 Å².